The summed E-state index contributed by atoms with van der Waals surface area (Å²) in [5.74, 6) is 1.21. The molecule has 0 aliphatic heterocycles. The van der Waals surface area contributed by atoms with Gasteiger partial charge in [-0.05, 0) is 77.7 Å². The van der Waals surface area contributed by atoms with Crippen LogP contribution in [0.4, 0.5) is 17.1 Å². The summed E-state index contributed by atoms with van der Waals surface area (Å²) in [5, 5.41) is 0. The van der Waals surface area contributed by atoms with Crippen LogP contribution in [0.15, 0.2) is 130 Å². The van der Waals surface area contributed by atoms with E-state index in [1.165, 1.54) is 5.56 Å². The normalized spacial score (nSPS) is 11.8. The van der Waals surface area contributed by atoms with Crippen molar-refractivity contribution >= 4 is 39.3 Å². The number of rotatable bonds is 5. The van der Waals surface area contributed by atoms with Gasteiger partial charge in [0.25, 0.3) is 0 Å². The largest absolute Gasteiger partial charge is 0.436 e. The van der Waals surface area contributed by atoms with Crippen LogP contribution in [-0.4, -0.2) is 9.97 Å². The molecule has 200 valence electrons. The zero-order chi connectivity index (χ0) is 28.0. The van der Waals surface area contributed by atoms with Crippen LogP contribution >= 0.6 is 0 Å². The van der Waals surface area contributed by atoms with Gasteiger partial charge in [-0.3, -0.25) is 0 Å². The average molecular weight is 536 g/mol. The molecule has 0 aliphatic carbocycles. The van der Waals surface area contributed by atoms with E-state index in [1.54, 1.807) is 0 Å². The molecular formula is C36H29N3O2. The Balaban J connectivity index is 1.35. The molecule has 0 saturated carbocycles. The molecule has 0 amide bonds. The fourth-order valence-corrected chi connectivity index (χ4v) is 5.07. The van der Waals surface area contributed by atoms with Crippen LogP contribution in [0.5, 0.6) is 0 Å². The van der Waals surface area contributed by atoms with Crippen molar-refractivity contribution in [2.24, 2.45) is 0 Å². The molecule has 0 N–H and O–H groups in total. The number of fused-ring (bicyclic) bond motifs is 2. The first-order chi connectivity index (χ1) is 19.9. The minimum atomic E-state index is 0.0589. The molecule has 0 unspecified atom stereocenters. The molecule has 0 fully saturated rings. The molecule has 5 heteroatoms. The summed E-state index contributed by atoms with van der Waals surface area (Å²) in [4.78, 5) is 11.8. The number of oxazole rings is 2. The summed E-state index contributed by atoms with van der Waals surface area (Å²) in [6.45, 7) is 6.68. The minimum Gasteiger partial charge on any atom is -0.436 e. The molecule has 41 heavy (non-hydrogen) atoms. The van der Waals surface area contributed by atoms with E-state index in [1.807, 2.05) is 72.8 Å². The molecule has 0 radical (unpaired) electrons. The fraction of sp³-hybridized carbons (Fsp3) is 0.111. The third kappa shape index (κ3) is 4.76. The van der Waals surface area contributed by atoms with Gasteiger partial charge in [0.2, 0.25) is 11.8 Å². The van der Waals surface area contributed by atoms with Crippen LogP contribution in [0.2, 0.25) is 0 Å². The van der Waals surface area contributed by atoms with Gasteiger partial charge in [-0.15, -0.1) is 0 Å². The quantitative estimate of drug-likeness (QED) is 0.219. The molecule has 0 bridgehead atoms. The zero-order valence-corrected chi connectivity index (χ0v) is 23.2. The molecule has 5 aromatic carbocycles. The molecule has 0 saturated heterocycles. The van der Waals surface area contributed by atoms with Gasteiger partial charge in [0.05, 0.1) is 0 Å². The lowest BCUT2D eigenvalue weighted by Gasteiger charge is -2.26. The van der Waals surface area contributed by atoms with E-state index in [-0.39, 0.29) is 5.41 Å². The lowest BCUT2D eigenvalue weighted by atomic mass is 9.87. The van der Waals surface area contributed by atoms with Gasteiger partial charge in [0.1, 0.15) is 11.0 Å². The van der Waals surface area contributed by atoms with Gasteiger partial charge in [0, 0.05) is 34.3 Å². The highest BCUT2D eigenvalue weighted by Crippen LogP contribution is 2.39. The molecule has 2 heterocycles. The number of benzene rings is 5. The molecule has 5 nitrogen and oxygen atoms in total. The van der Waals surface area contributed by atoms with Crippen molar-refractivity contribution in [3.05, 3.63) is 127 Å². The predicted octanol–water partition coefficient (Wildman–Crippen LogP) is 10.1. The summed E-state index contributed by atoms with van der Waals surface area (Å²) in [7, 11) is 0. The van der Waals surface area contributed by atoms with Crippen molar-refractivity contribution in [1.82, 2.24) is 9.97 Å². The standard InChI is InChI=1S/C36H29N3O2/c1-36(2,3)26-14-16-27(17-15-26)39(28-19-21-32-31(22-28)38-35(40-32)25-12-8-5-9-13-25)29-18-20-30-33(23-29)41-34(37-30)24-10-6-4-7-11-24/h4-23H,1-3H3. The second-order valence-corrected chi connectivity index (χ2v) is 11.2. The van der Waals surface area contributed by atoms with E-state index in [2.05, 4.69) is 74.2 Å². The highest BCUT2D eigenvalue weighted by atomic mass is 16.4. The average Bonchev–Trinajstić information content (AvgIpc) is 3.62. The third-order valence-electron chi connectivity index (χ3n) is 7.29. The summed E-state index contributed by atoms with van der Waals surface area (Å²) < 4.78 is 12.3. The van der Waals surface area contributed by atoms with Gasteiger partial charge in [0.15, 0.2) is 11.2 Å². The second kappa shape index (κ2) is 9.79. The number of hydrogen-bond acceptors (Lipinski definition) is 5. The predicted molar refractivity (Wildman–Crippen MR) is 166 cm³/mol. The van der Waals surface area contributed by atoms with Crippen molar-refractivity contribution in [2.45, 2.75) is 26.2 Å². The maximum Gasteiger partial charge on any atom is 0.227 e. The Kier molecular flexibility index (Phi) is 5.93. The van der Waals surface area contributed by atoms with E-state index >= 15 is 0 Å². The number of hydrogen-bond donors (Lipinski definition) is 0. The van der Waals surface area contributed by atoms with Crippen LogP contribution in [0.1, 0.15) is 26.3 Å². The summed E-state index contributed by atoms with van der Waals surface area (Å²) in [6.07, 6.45) is 0. The van der Waals surface area contributed by atoms with Crippen molar-refractivity contribution in [1.29, 1.82) is 0 Å². The fourth-order valence-electron chi connectivity index (χ4n) is 5.07. The monoisotopic (exact) mass is 535 g/mol. The molecule has 0 spiro atoms. The van der Waals surface area contributed by atoms with Crippen LogP contribution in [-0.2, 0) is 5.41 Å². The number of aromatic nitrogens is 2. The van der Waals surface area contributed by atoms with Crippen molar-refractivity contribution in [3.63, 3.8) is 0 Å². The van der Waals surface area contributed by atoms with Crippen LogP contribution in [0.25, 0.3) is 45.1 Å². The first-order valence-electron chi connectivity index (χ1n) is 13.8. The third-order valence-corrected chi connectivity index (χ3v) is 7.29. The van der Waals surface area contributed by atoms with Gasteiger partial charge < -0.3 is 13.7 Å². The van der Waals surface area contributed by atoms with E-state index < -0.39 is 0 Å². The second-order valence-electron chi connectivity index (χ2n) is 11.2. The summed E-state index contributed by atoms with van der Waals surface area (Å²) >= 11 is 0. The first-order valence-corrected chi connectivity index (χ1v) is 13.8. The zero-order valence-electron chi connectivity index (χ0n) is 23.2. The van der Waals surface area contributed by atoms with Gasteiger partial charge >= 0.3 is 0 Å². The highest BCUT2D eigenvalue weighted by Gasteiger charge is 2.19. The first kappa shape index (κ1) is 24.9. The number of anilines is 3. The maximum atomic E-state index is 6.24. The van der Waals surface area contributed by atoms with Gasteiger partial charge in [-0.25, -0.2) is 9.97 Å². The Morgan fingerprint density at radius 2 is 1.05 bits per heavy atom. The maximum absolute atomic E-state index is 6.24. The molecule has 7 aromatic rings. The van der Waals surface area contributed by atoms with Gasteiger partial charge in [-0.1, -0.05) is 69.3 Å². The van der Waals surface area contributed by atoms with E-state index in [4.69, 9.17) is 18.8 Å². The molecule has 0 atom stereocenters. The molecular weight excluding hydrogens is 506 g/mol. The smallest absolute Gasteiger partial charge is 0.227 e. The topological polar surface area (TPSA) is 55.3 Å². The molecule has 2 aromatic heterocycles. The van der Waals surface area contributed by atoms with Crippen molar-refractivity contribution in [2.75, 3.05) is 4.90 Å². The summed E-state index contributed by atoms with van der Waals surface area (Å²) in [5.41, 5.74) is 9.28. The number of nitrogens with zero attached hydrogens (tertiary/aromatic N) is 3. The van der Waals surface area contributed by atoms with Crippen molar-refractivity contribution in [3.8, 4) is 22.9 Å². The van der Waals surface area contributed by atoms with Crippen molar-refractivity contribution < 1.29 is 8.83 Å². The van der Waals surface area contributed by atoms with Crippen LogP contribution in [0, 0.1) is 0 Å². The van der Waals surface area contributed by atoms with Crippen LogP contribution in [0.3, 0.4) is 0 Å². The Bertz CT molecular complexity index is 1850. The molecule has 0 aliphatic rings. The lowest BCUT2D eigenvalue weighted by Crippen LogP contribution is -2.13. The Morgan fingerprint density at radius 1 is 0.512 bits per heavy atom. The Labute approximate surface area is 238 Å². The van der Waals surface area contributed by atoms with E-state index in [0.717, 1.165) is 50.4 Å². The van der Waals surface area contributed by atoms with E-state index in [0.29, 0.717) is 11.8 Å². The highest BCUT2D eigenvalue weighted by molar-refractivity contribution is 5.88. The minimum absolute atomic E-state index is 0.0589. The van der Waals surface area contributed by atoms with E-state index in [9.17, 15) is 0 Å². The van der Waals surface area contributed by atoms with Gasteiger partial charge in [-0.2, -0.15) is 0 Å². The van der Waals surface area contributed by atoms with Crippen LogP contribution < -0.4 is 4.90 Å². The summed E-state index contributed by atoms with van der Waals surface area (Å²) in [6, 6.07) is 41.0. The lowest BCUT2D eigenvalue weighted by molar-refractivity contribution is 0.590. The molecule has 7 rings (SSSR count). The Morgan fingerprint density at radius 3 is 1.68 bits per heavy atom. The SMILES string of the molecule is CC(C)(C)c1ccc(N(c2ccc3oc(-c4ccccc4)nc3c2)c2ccc3nc(-c4ccccc4)oc3c2)cc1. The Hall–Kier alpha value is -5.16.